The molecule has 9 fully saturated rings. The Hall–Kier alpha value is -7.12. The number of benzene rings is 3. The van der Waals surface area contributed by atoms with Crippen molar-refractivity contribution in [2.24, 2.45) is 0 Å². The van der Waals surface area contributed by atoms with Gasteiger partial charge in [0.05, 0.1) is 79.3 Å². The molecule has 12 rings (SSSR count). The quantitative estimate of drug-likeness (QED) is 0.0251. The van der Waals surface area contributed by atoms with E-state index in [9.17, 15) is 131 Å². The smallest absolute Gasteiger partial charge is 0.217 e. The molecule has 0 saturated carbocycles. The summed E-state index contributed by atoms with van der Waals surface area (Å²) in [4.78, 5) is 79.4. The molecule has 0 aromatic heterocycles. The average Bonchev–Trinajstić information content (AvgIpc) is 0.752. The van der Waals surface area contributed by atoms with Gasteiger partial charge < -0.3 is 229 Å². The summed E-state index contributed by atoms with van der Waals surface area (Å²) < 4.78 is 130. The second-order valence-corrected chi connectivity index (χ2v) is 35.1. The van der Waals surface area contributed by atoms with Crippen LogP contribution in [-0.4, -0.2) is 473 Å². The van der Waals surface area contributed by atoms with Crippen molar-refractivity contribution < 1.29 is 226 Å². The number of hydrogen-bond acceptors (Lipinski definition) is 46. The molecule has 0 spiro atoms. The molecule has 0 radical (unpaired) electrons. The van der Waals surface area contributed by atoms with Crippen LogP contribution >= 0.6 is 0 Å². The van der Waals surface area contributed by atoms with Crippen LogP contribution in [0.15, 0.2) is 91.0 Å². The summed E-state index contributed by atoms with van der Waals surface area (Å²) in [5.74, 6) is -5.20. The molecule has 26 N–H and O–H groups in total. The van der Waals surface area contributed by atoms with Gasteiger partial charge in [0.25, 0.3) is 0 Å². The summed E-state index contributed by atoms with van der Waals surface area (Å²) >= 11 is 0. The maximum Gasteiger partial charge on any atom is 0.217 e. The van der Waals surface area contributed by atoms with Crippen LogP contribution in [0, 0.1) is 0 Å². The van der Waals surface area contributed by atoms with Crippen LogP contribution in [0.3, 0.4) is 0 Å². The van der Waals surface area contributed by atoms with E-state index in [4.69, 9.17) is 94.7 Å². The molecule has 0 unspecified atom stereocenters. The van der Waals surface area contributed by atoms with Gasteiger partial charge in [-0.15, -0.1) is 0 Å². The minimum atomic E-state index is -2.69. The van der Waals surface area contributed by atoms with E-state index >= 15 is 0 Å². The Morgan fingerprint density at radius 2 is 0.518 bits per heavy atom. The Labute approximate surface area is 794 Å². The lowest BCUT2D eigenvalue weighted by Gasteiger charge is -2.53. The zero-order valence-corrected chi connectivity index (χ0v) is 76.2. The number of aliphatic hydroxyl groups is 20. The van der Waals surface area contributed by atoms with Crippen molar-refractivity contribution in [2.75, 3.05) is 59.5 Å². The Morgan fingerprint density at radius 3 is 0.942 bits per heavy atom. The monoisotopic (exact) mass is 1990 g/mol. The molecule has 0 aliphatic carbocycles. The van der Waals surface area contributed by atoms with E-state index in [0.29, 0.717) is 16.7 Å². The number of nitrogens with one attached hydrogen (secondary N) is 6. The van der Waals surface area contributed by atoms with Crippen molar-refractivity contribution >= 4 is 35.4 Å². The first-order valence-corrected chi connectivity index (χ1v) is 45.2. The zero-order valence-electron chi connectivity index (χ0n) is 76.2. The Balaban J connectivity index is 1.04. The molecular weight excluding hydrogens is 1860 g/mol. The highest BCUT2D eigenvalue weighted by Crippen LogP contribution is 2.42. The summed E-state index contributed by atoms with van der Waals surface area (Å²) in [6, 6.07) is 14.6. The normalized spacial score (nSPS) is 41.5. The largest absolute Gasteiger partial charge is 0.394 e. The van der Waals surface area contributed by atoms with Crippen LogP contribution in [0.25, 0.3) is 0 Å². The van der Waals surface area contributed by atoms with Crippen LogP contribution in [0.4, 0.5) is 0 Å². The van der Waals surface area contributed by atoms with Gasteiger partial charge in [0.15, 0.2) is 56.6 Å². The highest BCUT2D eigenvalue weighted by atomic mass is 16.8. The first kappa shape index (κ1) is 111. The van der Waals surface area contributed by atoms with Gasteiger partial charge in [-0.25, -0.2) is 0 Å². The standard InChI is InChI=1S/C87H128N6O46/c1-34(99)88-52-68(115)72(49(125-79(52)119)30-120-27-40-16-10-7-11-17-40)134-84-57(93-39(6)104)75(122-29-42-20-14-9-15-21-42)73(50(132-84)31-121-28-41-18-12-8-13-19-41)136-85-71(118)76(137-87-78(69(116)62(109)47(26-98)130-87)139-83-56(92-38(5)103)67(114)61(108)46(25-97)129-83)74(135-81-54(90-36(3)101)65(112)59(106)44(23-95)127-81)51(133-85)33-124-86-77(138-82-55(91-37(4)102)66(113)60(107)45(24-96)128-82)70(117)63(110)48(131-86)32-123-80-53(89-35(2)100)64(111)58(105)43(22-94)126-80/h7-21,43-87,94-98,105-119H,22-33H2,1-6H3,(H,88,99)(H,89,100)(H,90,101)(H,91,102)(H,92,103)(H,93,104)/t43-,44-,45-,46-,47-,48-,49-,50-,51-,52-,53-,54-,55-,56-,57-,58-,59-,60-,61-,62-,63-,64-,65-,66-,67-,68-,69+,70+,71+,72-,73-,74-,75-,76-,77+,78+,79-,80-,81+,82+,83+,84+,85+,86+,87-/m1/s1. The molecular formula is C87H128N6O46. The predicted octanol–water partition coefficient (Wildman–Crippen LogP) is -13.1. The second-order valence-electron chi connectivity index (χ2n) is 35.1. The van der Waals surface area contributed by atoms with E-state index in [2.05, 4.69) is 31.9 Å². The lowest BCUT2D eigenvalue weighted by atomic mass is 9.93. The van der Waals surface area contributed by atoms with E-state index < -0.39 is 377 Å². The van der Waals surface area contributed by atoms with E-state index in [1.54, 1.807) is 91.0 Å². The Kier molecular flexibility index (Phi) is 40.7. The molecule has 9 heterocycles. The molecule has 782 valence electrons. The van der Waals surface area contributed by atoms with Crippen molar-refractivity contribution in [3.8, 4) is 0 Å². The van der Waals surface area contributed by atoms with Gasteiger partial charge in [-0.2, -0.15) is 0 Å². The molecule has 45 atom stereocenters. The number of hydrogen-bond donors (Lipinski definition) is 26. The Morgan fingerprint density at radius 1 is 0.237 bits per heavy atom. The minimum Gasteiger partial charge on any atom is -0.394 e. The zero-order chi connectivity index (χ0) is 101. The van der Waals surface area contributed by atoms with E-state index in [-0.39, 0.29) is 13.2 Å². The van der Waals surface area contributed by atoms with Crippen LogP contribution in [0.5, 0.6) is 0 Å². The number of ether oxygens (including phenoxy) is 20. The number of amides is 6. The molecule has 139 heavy (non-hydrogen) atoms. The number of carbonyl (C=O) groups is 6. The molecule has 52 nitrogen and oxygen atoms in total. The average molecular weight is 1990 g/mol. The summed E-state index contributed by atoms with van der Waals surface area (Å²) in [6.45, 7) is -3.58. The number of rotatable bonds is 40. The molecule has 3 aromatic carbocycles. The van der Waals surface area contributed by atoms with Gasteiger partial charge in [0.1, 0.15) is 219 Å². The lowest BCUT2D eigenvalue weighted by Crippen LogP contribution is -2.72. The highest BCUT2D eigenvalue weighted by Gasteiger charge is 2.62. The molecule has 9 saturated heterocycles. The van der Waals surface area contributed by atoms with Gasteiger partial charge >= 0.3 is 0 Å². The van der Waals surface area contributed by atoms with E-state index in [1.807, 2.05) is 0 Å². The molecule has 9 aliphatic rings. The third kappa shape index (κ3) is 27.4. The summed E-state index contributed by atoms with van der Waals surface area (Å²) in [5, 5.41) is 248. The van der Waals surface area contributed by atoms with Gasteiger partial charge in [-0.3, -0.25) is 28.8 Å². The molecule has 6 amide bonds. The van der Waals surface area contributed by atoms with Gasteiger partial charge in [0.2, 0.25) is 35.4 Å². The first-order chi connectivity index (χ1) is 66.3. The van der Waals surface area contributed by atoms with Gasteiger partial charge in [-0.1, -0.05) is 91.0 Å². The van der Waals surface area contributed by atoms with Crippen molar-refractivity contribution in [3.63, 3.8) is 0 Å². The SMILES string of the molecule is CC(=O)N[C@@H]1[C@@H](O)[C@H](O[C@@H]2O[C@H](COCc3ccccc3)[C@@H](O[C@@H]3O[C@H](CO[C@H]4O[C@H](CO[C@@H]5O[C@H](CO)[C@@H](O)[C@H](O)[C@H]5NC(C)=O)[C@@H](O)[C@H](O)[C@@H]4O[C@@H]4O[C@H](CO)[C@@H](O)[C@H](O)[C@H]4NC(C)=O)[C@@H](O[C@@H]4O[C@H](CO)[C@@H](O)[C@H](O)[C@H]4NC(C)=O)[C@H](O[C@H]4O[C@H](CO)[C@@H](O)[C@H](O)[C@@H]4O[C@@H]4O[C@H](CO)[C@@H](O)[C@H](O)[C@H]4NC(C)=O)[C@@H]3O)[C@H](OCc3ccccc3)[C@H]2NC(C)=O)[C@@H](COCc2ccccc2)O[C@H]1O. The van der Waals surface area contributed by atoms with Crippen molar-refractivity contribution in [3.05, 3.63) is 108 Å². The number of carbonyl (C=O) groups excluding carboxylic acids is 6. The summed E-state index contributed by atoms with van der Waals surface area (Å²) in [7, 11) is 0. The van der Waals surface area contributed by atoms with Crippen molar-refractivity contribution in [1.29, 1.82) is 0 Å². The van der Waals surface area contributed by atoms with Crippen LogP contribution in [0.2, 0.25) is 0 Å². The van der Waals surface area contributed by atoms with Gasteiger partial charge in [0, 0.05) is 41.5 Å². The maximum absolute atomic E-state index is 14.3. The van der Waals surface area contributed by atoms with Crippen LogP contribution in [-0.2, 0) is 143 Å². The maximum atomic E-state index is 14.3. The van der Waals surface area contributed by atoms with Crippen molar-refractivity contribution in [2.45, 2.75) is 337 Å². The predicted molar refractivity (Wildman–Crippen MR) is 454 cm³/mol. The third-order valence-corrected chi connectivity index (χ3v) is 24.8. The fourth-order valence-corrected chi connectivity index (χ4v) is 17.8. The fraction of sp³-hybridized carbons (Fsp3) is 0.724. The molecule has 52 heteroatoms. The third-order valence-electron chi connectivity index (χ3n) is 24.8. The topological polar surface area (TPSA) is 764 Å². The fourth-order valence-electron chi connectivity index (χ4n) is 17.8. The van der Waals surface area contributed by atoms with Crippen LogP contribution < -0.4 is 31.9 Å². The molecule has 3 aromatic rings. The minimum absolute atomic E-state index is 0.0696. The highest BCUT2D eigenvalue weighted by molar-refractivity contribution is 5.75. The Bertz CT molecular complexity index is 4320. The van der Waals surface area contributed by atoms with Crippen LogP contribution in [0.1, 0.15) is 58.2 Å². The summed E-state index contributed by atoms with van der Waals surface area (Å²) in [6.07, 6.45) is -82.1. The first-order valence-electron chi connectivity index (χ1n) is 45.2. The molecule has 9 aliphatic heterocycles. The van der Waals surface area contributed by atoms with Crippen molar-refractivity contribution in [1.82, 2.24) is 31.9 Å². The molecule has 0 bridgehead atoms. The second kappa shape index (κ2) is 51.1. The van der Waals surface area contributed by atoms with E-state index in [0.717, 1.165) is 41.5 Å². The van der Waals surface area contributed by atoms with Gasteiger partial charge in [-0.05, 0) is 16.7 Å². The summed E-state index contributed by atoms with van der Waals surface area (Å²) in [5.41, 5.74) is 1.65. The lowest BCUT2D eigenvalue weighted by molar-refractivity contribution is -0.408. The van der Waals surface area contributed by atoms with E-state index in [1.165, 1.54) is 0 Å². The number of aliphatic hydroxyl groups excluding tert-OH is 20.